The van der Waals surface area contributed by atoms with Crippen LogP contribution >= 0.6 is 0 Å². The van der Waals surface area contributed by atoms with Gasteiger partial charge in [0, 0.05) is 12.3 Å². The summed E-state index contributed by atoms with van der Waals surface area (Å²) in [7, 11) is -3.39. The molecule has 3 fully saturated rings. The fourth-order valence-corrected chi connectivity index (χ4v) is 9.22. The van der Waals surface area contributed by atoms with Crippen LogP contribution in [0.2, 0.25) is 0 Å². The number of hydrogen-bond donors (Lipinski definition) is 0. The number of benzene rings is 1. The molecule has 0 bridgehead atoms. The molecule has 0 aromatic heterocycles. The predicted molar refractivity (Wildman–Crippen MR) is 162 cm³/mol. The monoisotopic (exact) mass is 574 g/mol. The summed E-state index contributed by atoms with van der Waals surface area (Å²) in [6, 6.07) is 8.88. The summed E-state index contributed by atoms with van der Waals surface area (Å²) in [6.07, 6.45) is 9.60. The van der Waals surface area contributed by atoms with Crippen LogP contribution in [0.15, 0.2) is 47.4 Å². The smallest absolute Gasteiger partial charge is 0.178 e. The first-order valence-electron chi connectivity index (χ1n) is 15.9. The van der Waals surface area contributed by atoms with E-state index in [4.69, 9.17) is 14.2 Å². The number of fused-ring (bicyclic) bond motifs is 1. The number of sulfone groups is 1. The van der Waals surface area contributed by atoms with E-state index in [1.807, 2.05) is 6.07 Å². The van der Waals surface area contributed by atoms with E-state index in [0.717, 1.165) is 57.8 Å². The van der Waals surface area contributed by atoms with Gasteiger partial charge in [-0.3, -0.25) is 0 Å². The van der Waals surface area contributed by atoms with Gasteiger partial charge in [0.05, 0.1) is 46.8 Å². The highest BCUT2D eigenvalue weighted by molar-refractivity contribution is 7.91. The second-order valence-electron chi connectivity index (χ2n) is 13.3. The Kier molecular flexibility index (Phi) is 10.6. The van der Waals surface area contributed by atoms with Gasteiger partial charge in [0.15, 0.2) is 9.84 Å². The zero-order valence-electron chi connectivity index (χ0n) is 25.8. The van der Waals surface area contributed by atoms with Crippen molar-refractivity contribution in [3.63, 3.8) is 0 Å². The highest BCUT2D eigenvalue weighted by Crippen LogP contribution is 2.45. The molecular weight excluding hydrogens is 520 g/mol. The molecule has 4 rings (SSSR count). The second kappa shape index (κ2) is 13.4. The van der Waals surface area contributed by atoms with Gasteiger partial charge in [0.1, 0.15) is 0 Å². The second-order valence-corrected chi connectivity index (χ2v) is 15.3. The van der Waals surface area contributed by atoms with Crippen molar-refractivity contribution >= 4 is 9.84 Å². The predicted octanol–water partition coefficient (Wildman–Crippen LogP) is 7.78. The lowest BCUT2D eigenvalue weighted by Crippen LogP contribution is -2.48. The Hall–Kier alpha value is -1.21. The largest absolute Gasteiger partial charge is 0.374 e. The normalized spacial score (nSPS) is 35.8. The zero-order chi connectivity index (χ0) is 29.1. The van der Waals surface area contributed by atoms with E-state index in [1.54, 1.807) is 24.3 Å². The van der Waals surface area contributed by atoms with Gasteiger partial charge in [0.2, 0.25) is 0 Å². The van der Waals surface area contributed by atoms with E-state index in [2.05, 4.69) is 48.1 Å². The van der Waals surface area contributed by atoms with Crippen LogP contribution in [-0.2, 0) is 24.0 Å². The van der Waals surface area contributed by atoms with E-state index in [1.165, 1.54) is 5.57 Å². The SMILES string of the molecule is C=C(CC[C@@H]1O[C@H](C[C@H](C)CC)[C@H](C)[C@H]1CS(=O)(=O)c1ccccc1)[C@H](C)CC1CC[C@@H]2O[C@@H](C)C[C@]2(CC)O1. The fourth-order valence-electron chi connectivity index (χ4n) is 7.43. The van der Waals surface area contributed by atoms with Crippen LogP contribution < -0.4 is 0 Å². The zero-order valence-corrected chi connectivity index (χ0v) is 26.6. The number of rotatable bonds is 13. The van der Waals surface area contributed by atoms with E-state index in [0.29, 0.717) is 16.7 Å². The molecule has 40 heavy (non-hydrogen) atoms. The highest BCUT2D eigenvalue weighted by atomic mass is 32.2. The Balaban J connectivity index is 1.38. The van der Waals surface area contributed by atoms with Crippen LogP contribution in [-0.4, -0.2) is 50.3 Å². The Labute approximate surface area is 244 Å². The third-order valence-corrected chi connectivity index (χ3v) is 12.2. The molecule has 0 saturated carbocycles. The molecule has 0 radical (unpaired) electrons. The summed E-state index contributed by atoms with van der Waals surface area (Å²) in [4.78, 5) is 0.408. The van der Waals surface area contributed by atoms with Crippen LogP contribution in [0, 0.1) is 23.7 Å². The van der Waals surface area contributed by atoms with Gasteiger partial charge in [-0.15, -0.1) is 0 Å². The molecule has 0 aliphatic carbocycles. The van der Waals surface area contributed by atoms with E-state index < -0.39 is 9.84 Å². The molecule has 1 aromatic carbocycles. The van der Waals surface area contributed by atoms with Crippen molar-refractivity contribution in [1.29, 1.82) is 0 Å². The Bertz CT molecular complexity index is 1070. The molecule has 1 unspecified atom stereocenters. The molecule has 3 aliphatic heterocycles. The molecule has 0 amide bonds. The van der Waals surface area contributed by atoms with E-state index in [9.17, 15) is 8.42 Å². The summed E-state index contributed by atoms with van der Waals surface area (Å²) in [5.41, 5.74) is 1.10. The van der Waals surface area contributed by atoms with Crippen LogP contribution in [0.4, 0.5) is 0 Å². The van der Waals surface area contributed by atoms with Gasteiger partial charge in [-0.25, -0.2) is 8.42 Å². The third kappa shape index (κ3) is 7.22. The molecule has 3 saturated heterocycles. The highest BCUT2D eigenvalue weighted by Gasteiger charge is 2.51. The van der Waals surface area contributed by atoms with Crippen molar-refractivity contribution in [3.05, 3.63) is 42.5 Å². The summed E-state index contributed by atoms with van der Waals surface area (Å²) in [6.45, 7) is 17.8. The van der Waals surface area contributed by atoms with Gasteiger partial charge in [-0.05, 0) is 81.8 Å². The maximum atomic E-state index is 13.4. The maximum Gasteiger partial charge on any atom is 0.178 e. The fraction of sp³-hybridized carbons (Fsp3) is 0.765. The molecule has 10 atom stereocenters. The van der Waals surface area contributed by atoms with Gasteiger partial charge < -0.3 is 14.2 Å². The Morgan fingerprint density at radius 2 is 1.77 bits per heavy atom. The minimum absolute atomic E-state index is 0.0188. The lowest BCUT2D eigenvalue weighted by atomic mass is 9.81. The van der Waals surface area contributed by atoms with Crippen molar-refractivity contribution in [1.82, 2.24) is 0 Å². The minimum atomic E-state index is -3.39. The first-order chi connectivity index (χ1) is 19.0. The first kappa shape index (κ1) is 31.7. The minimum Gasteiger partial charge on any atom is -0.374 e. The van der Waals surface area contributed by atoms with Gasteiger partial charge in [0.25, 0.3) is 0 Å². The van der Waals surface area contributed by atoms with Gasteiger partial charge in [-0.1, -0.05) is 71.4 Å². The quantitative estimate of drug-likeness (QED) is 0.225. The lowest BCUT2D eigenvalue weighted by molar-refractivity contribution is -0.170. The Morgan fingerprint density at radius 1 is 1.05 bits per heavy atom. The van der Waals surface area contributed by atoms with Crippen molar-refractivity contribution < 1.29 is 22.6 Å². The number of hydrogen-bond acceptors (Lipinski definition) is 5. The van der Waals surface area contributed by atoms with Crippen LogP contribution in [0.25, 0.3) is 0 Å². The number of ether oxygens (including phenoxy) is 3. The lowest BCUT2D eigenvalue weighted by Gasteiger charge is -2.42. The van der Waals surface area contributed by atoms with E-state index in [-0.39, 0.29) is 53.7 Å². The van der Waals surface area contributed by atoms with Crippen LogP contribution in [0.1, 0.15) is 99.3 Å². The first-order valence-corrected chi connectivity index (χ1v) is 17.6. The van der Waals surface area contributed by atoms with Crippen molar-refractivity contribution in [2.24, 2.45) is 23.7 Å². The van der Waals surface area contributed by atoms with Gasteiger partial charge in [-0.2, -0.15) is 0 Å². The van der Waals surface area contributed by atoms with Crippen molar-refractivity contribution in [3.8, 4) is 0 Å². The topological polar surface area (TPSA) is 61.8 Å². The Morgan fingerprint density at radius 3 is 2.45 bits per heavy atom. The summed E-state index contributed by atoms with van der Waals surface area (Å²) >= 11 is 0. The molecule has 3 heterocycles. The molecule has 226 valence electrons. The molecular formula is C34H54O5S. The van der Waals surface area contributed by atoms with Gasteiger partial charge >= 0.3 is 0 Å². The van der Waals surface area contributed by atoms with Crippen molar-refractivity contribution in [2.75, 3.05) is 5.75 Å². The average Bonchev–Trinajstić information content (AvgIpc) is 3.42. The average molecular weight is 575 g/mol. The summed E-state index contributed by atoms with van der Waals surface area (Å²) in [5, 5.41) is 0. The van der Waals surface area contributed by atoms with E-state index >= 15 is 0 Å². The van der Waals surface area contributed by atoms with Crippen LogP contribution in [0.3, 0.4) is 0 Å². The molecule has 6 heteroatoms. The standard InChI is InChI=1S/C34H54O5S/c1-8-23(3)19-32-27(7)30(22-40(35,36)29-13-11-10-12-14-29)31(38-32)17-15-24(4)25(5)20-28-16-18-33-34(9-2,39-28)21-26(6)37-33/h10-14,23,25-28,30-33H,4,8-9,15-22H2,1-3,5-7H3/t23-,25-,26+,27-,28?,30-,31+,32-,33+,34+/m1/s1. The third-order valence-electron chi connectivity index (χ3n) is 10.4. The molecule has 0 N–H and O–H groups in total. The molecule has 3 aliphatic rings. The maximum absolute atomic E-state index is 13.4. The molecule has 1 aromatic rings. The summed E-state index contributed by atoms with van der Waals surface area (Å²) < 4.78 is 46.4. The number of allylic oxidation sites excluding steroid dienone is 1. The summed E-state index contributed by atoms with van der Waals surface area (Å²) in [5.74, 6) is 1.22. The molecule has 5 nitrogen and oxygen atoms in total. The molecule has 0 spiro atoms. The van der Waals surface area contributed by atoms with Crippen molar-refractivity contribution in [2.45, 2.75) is 140 Å². The van der Waals surface area contributed by atoms with Crippen LogP contribution in [0.5, 0.6) is 0 Å².